The summed E-state index contributed by atoms with van der Waals surface area (Å²) < 4.78 is 16.6. The second kappa shape index (κ2) is 8.38. The molecule has 0 aliphatic carbocycles. The zero-order valence-corrected chi connectivity index (χ0v) is 14.9. The molecule has 2 heterocycles. The van der Waals surface area contributed by atoms with Gasteiger partial charge in [0.1, 0.15) is 13.2 Å². The summed E-state index contributed by atoms with van der Waals surface area (Å²) in [4.78, 5) is 4.46. The van der Waals surface area contributed by atoms with Gasteiger partial charge in [0.15, 0.2) is 11.5 Å². The van der Waals surface area contributed by atoms with E-state index in [9.17, 15) is 0 Å². The summed E-state index contributed by atoms with van der Waals surface area (Å²) in [6.07, 6.45) is 0.945. The Balaban J connectivity index is 0.00000192. The van der Waals surface area contributed by atoms with E-state index in [2.05, 4.69) is 15.7 Å². The minimum Gasteiger partial charge on any atom is -0.493 e. The Morgan fingerprint density at radius 1 is 1.30 bits per heavy atom. The van der Waals surface area contributed by atoms with E-state index in [4.69, 9.17) is 14.2 Å². The third-order valence-electron chi connectivity index (χ3n) is 3.40. The van der Waals surface area contributed by atoms with Crippen LogP contribution in [0.1, 0.15) is 16.3 Å². The molecule has 126 valence electrons. The highest BCUT2D eigenvalue weighted by atomic mass is 35.5. The molecule has 7 heteroatoms. The second-order valence-electron chi connectivity index (χ2n) is 5.13. The highest BCUT2D eigenvalue weighted by Crippen LogP contribution is 2.40. The first-order chi connectivity index (χ1) is 10.8. The first-order valence-corrected chi connectivity index (χ1v) is 8.22. The fourth-order valence-corrected chi connectivity index (χ4v) is 3.15. The topological polar surface area (TPSA) is 52.6 Å². The standard InChI is InChI=1S/C16H20N2O3S.ClH/c1-11-10-22-15(18-11)3-4-17-9-12-7-13(19-2)16-14(8-12)20-5-6-21-16;/h7-8,10,17H,3-6,9H2,1-2H3;1H. The average molecular weight is 357 g/mol. The average Bonchev–Trinajstić information content (AvgIpc) is 2.96. The monoisotopic (exact) mass is 356 g/mol. The molecule has 0 saturated carbocycles. The quantitative estimate of drug-likeness (QED) is 0.806. The van der Waals surface area contributed by atoms with Gasteiger partial charge in [0.25, 0.3) is 0 Å². The van der Waals surface area contributed by atoms with Crippen molar-refractivity contribution in [1.82, 2.24) is 10.3 Å². The molecule has 0 unspecified atom stereocenters. The number of halogens is 1. The molecular formula is C16H21ClN2O3S. The molecule has 0 atom stereocenters. The van der Waals surface area contributed by atoms with Crippen molar-refractivity contribution in [3.05, 3.63) is 33.8 Å². The normalized spacial score (nSPS) is 12.6. The Morgan fingerprint density at radius 2 is 2.13 bits per heavy atom. The van der Waals surface area contributed by atoms with Crippen molar-refractivity contribution in [1.29, 1.82) is 0 Å². The second-order valence-corrected chi connectivity index (χ2v) is 6.07. The van der Waals surface area contributed by atoms with Crippen LogP contribution in [0.4, 0.5) is 0 Å². The number of aromatic nitrogens is 1. The number of fused-ring (bicyclic) bond motifs is 1. The van der Waals surface area contributed by atoms with Crippen LogP contribution in [0.5, 0.6) is 17.2 Å². The highest BCUT2D eigenvalue weighted by Gasteiger charge is 2.18. The number of methoxy groups -OCH3 is 1. The van der Waals surface area contributed by atoms with E-state index < -0.39 is 0 Å². The molecule has 0 spiro atoms. The molecule has 5 nitrogen and oxygen atoms in total. The van der Waals surface area contributed by atoms with Crippen molar-refractivity contribution in [2.24, 2.45) is 0 Å². The Bertz CT molecular complexity index is 631. The highest BCUT2D eigenvalue weighted by molar-refractivity contribution is 7.09. The van der Waals surface area contributed by atoms with Crippen molar-refractivity contribution >= 4 is 23.7 Å². The lowest BCUT2D eigenvalue weighted by Gasteiger charge is -2.21. The van der Waals surface area contributed by atoms with Gasteiger partial charge in [-0.3, -0.25) is 0 Å². The maximum absolute atomic E-state index is 5.64. The molecule has 0 saturated heterocycles. The summed E-state index contributed by atoms with van der Waals surface area (Å²) in [7, 11) is 1.65. The van der Waals surface area contributed by atoms with Gasteiger partial charge in [-0.1, -0.05) is 0 Å². The fourth-order valence-electron chi connectivity index (χ4n) is 2.38. The summed E-state index contributed by atoms with van der Waals surface area (Å²) in [6, 6.07) is 4.01. The van der Waals surface area contributed by atoms with Crippen LogP contribution in [0.15, 0.2) is 17.5 Å². The third kappa shape index (κ3) is 4.50. The van der Waals surface area contributed by atoms with E-state index in [-0.39, 0.29) is 12.4 Å². The maximum atomic E-state index is 5.64. The van der Waals surface area contributed by atoms with Gasteiger partial charge >= 0.3 is 0 Å². The number of hydrogen-bond acceptors (Lipinski definition) is 6. The Morgan fingerprint density at radius 3 is 2.87 bits per heavy atom. The van der Waals surface area contributed by atoms with Crippen LogP contribution in [0.3, 0.4) is 0 Å². The molecule has 1 aliphatic heterocycles. The van der Waals surface area contributed by atoms with Gasteiger partial charge in [-0.15, -0.1) is 23.7 Å². The summed E-state index contributed by atoms with van der Waals surface area (Å²) in [5, 5.41) is 6.69. The van der Waals surface area contributed by atoms with Gasteiger partial charge in [-0.05, 0) is 24.6 Å². The summed E-state index contributed by atoms with van der Waals surface area (Å²) in [5.41, 5.74) is 2.22. The Labute approximate surface area is 146 Å². The van der Waals surface area contributed by atoms with Crippen molar-refractivity contribution in [2.75, 3.05) is 26.9 Å². The summed E-state index contributed by atoms with van der Waals surface area (Å²) in [5.74, 6) is 2.19. The predicted octanol–water partition coefficient (Wildman–Crippen LogP) is 2.99. The smallest absolute Gasteiger partial charge is 0.203 e. The zero-order chi connectivity index (χ0) is 15.4. The largest absolute Gasteiger partial charge is 0.493 e. The van der Waals surface area contributed by atoms with Gasteiger partial charge in [0.2, 0.25) is 5.75 Å². The van der Waals surface area contributed by atoms with Gasteiger partial charge in [0.05, 0.1) is 12.1 Å². The van der Waals surface area contributed by atoms with Crippen LogP contribution in [-0.2, 0) is 13.0 Å². The number of rotatable bonds is 6. The van der Waals surface area contributed by atoms with Gasteiger partial charge in [-0.2, -0.15) is 0 Å². The lowest BCUT2D eigenvalue weighted by atomic mass is 10.1. The lowest BCUT2D eigenvalue weighted by molar-refractivity contribution is 0.165. The van der Waals surface area contributed by atoms with Crippen LogP contribution in [-0.4, -0.2) is 31.9 Å². The van der Waals surface area contributed by atoms with E-state index in [1.165, 1.54) is 5.01 Å². The molecular weight excluding hydrogens is 336 g/mol. The summed E-state index contributed by atoms with van der Waals surface area (Å²) in [6.45, 7) is 4.82. The number of hydrogen-bond donors (Lipinski definition) is 1. The van der Waals surface area contributed by atoms with Crippen molar-refractivity contribution in [3.63, 3.8) is 0 Å². The minimum atomic E-state index is 0. The number of nitrogens with zero attached hydrogens (tertiary/aromatic N) is 1. The molecule has 1 aromatic heterocycles. The van der Waals surface area contributed by atoms with E-state index >= 15 is 0 Å². The van der Waals surface area contributed by atoms with Crippen LogP contribution in [0, 0.1) is 6.92 Å². The number of aryl methyl sites for hydroxylation is 1. The van der Waals surface area contributed by atoms with E-state index in [0.717, 1.165) is 42.3 Å². The maximum Gasteiger partial charge on any atom is 0.203 e. The first kappa shape index (κ1) is 17.8. The first-order valence-electron chi connectivity index (χ1n) is 7.34. The molecule has 0 radical (unpaired) electrons. The van der Waals surface area contributed by atoms with Crippen LogP contribution in [0.25, 0.3) is 0 Å². The van der Waals surface area contributed by atoms with Gasteiger partial charge in [0, 0.05) is 30.6 Å². The van der Waals surface area contributed by atoms with Crippen molar-refractivity contribution < 1.29 is 14.2 Å². The molecule has 0 amide bonds. The summed E-state index contributed by atoms with van der Waals surface area (Å²) >= 11 is 1.71. The van der Waals surface area contributed by atoms with Gasteiger partial charge in [-0.25, -0.2) is 4.98 Å². The Kier molecular flexibility index (Phi) is 6.50. The third-order valence-corrected chi connectivity index (χ3v) is 4.43. The Hall–Kier alpha value is -1.50. The number of nitrogens with one attached hydrogen (secondary N) is 1. The molecule has 23 heavy (non-hydrogen) atoms. The number of thiazole rings is 1. The molecule has 0 fully saturated rings. The SMILES string of the molecule is COc1cc(CNCCc2nc(C)cs2)cc2c1OCCO2.Cl. The van der Waals surface area contributed by atoms with Crippen molar-refractivity contribution in [2.45, 2.75) is 19.9 Å². The van der Waals surface area contributed by atoms with Gasteiger partial charge < -0.3 is 19.5 Å². The minimum absolute atomic E-state index is 0. The number of ether oxygens (including phenoxy) is 3. The molecule has 0 bridgehead atoms. The molecule has 1 aliphatic rings. The van der Waals surface area contributed by atoms with Crippen LogP contribution in [0.2, 0.25) is 0 Å². The van der Waals surface area contributed by atoms with E-state index in [1.54, 1.807) is 18.4 Å². The lowest BCUT2D eigenvalue weighted by Crippen LogP contribution is -2.19. The van der Waals surface area contributed by atoms with E-state index in [0.29, 0.717) is 19.0 Å². The van der Waals surface area contributed by atoms with Crippen molar-refractivity contribution in [3.8, 4) is 17.2 Å². The molecule has 1 N–H and O–H groups in total. The van der Waals surface area contributed by atoms with Crippen LogP contribution >= 0.6 is 23.7 Å². The van der Waals surface area contributed by atoms with E-state index in [1.807, 2.05) is 19.1 Å². The fraction of sp³-hybridized carbons (Fsp3) is 0.438. The molecule has 2 aromatic rings. The molecule has 1 aromatic carbocycles. The predicted molar refractivity (Wildman–Crippen MR) is 93.5 cm³/mol. The number of benzene rings is 1. The van der Waals surface area contributed by atoms with Crippen LogP contribution < -0.4 is 19.5 Å². The molecule has 3 rings (SSSR count). The zero-order valence-electron chi connectivity index (χ0n) is 13.3.